The van der Waals surface area contributed by atoms with Crippen molar-refractivity contribution >= 4 is 52.2 Å². The molecule has 1 amide bonds. The normalized spacial score (nSPS) is 16.0. The Labute approximate surface area is 196 Å². The van der Waals surface area contributed by atoms with Gasteiger partial charge in [-0.05, 0) is 73.6 Å². The molecule has 1 aliphatic heterocycles. The summed E-state index contributed by atoms with van der Waals surface area (Å²) in [4.78, 5) is 31.1. The number of hydrogen-bond donors (Lipinski definition) is 0. The first-order chi connectivity index (χ1) is 15.4. The number of hydrogen-bond acceptors (Lipinski definition) is 7. The van der Waals surface area contributed by atoms with Gasteiger partial charge in [0.1, 0.15) is 11.5 Å². The number of thioether (sulfide) groups is 1. The Morgan fingerprint density at radius 2 is 1.94 bits per heavy atom. The van der Waals surface area contributed by atoms with Crippen molar-refractivity contribution in [2.75, 3.05) is 26.9 Å². The monoisotopic (exact) mass is 474 g/mol. The number of carbonyl (C=O) groups is 2. The lowest BCUT2D eigenvalue weighted by atomic mass is 10.2. The molecule has 0 aromatic heterocycles. The van der Waals surface area contributed by atoms with E-state index in [4.69, 9.17) is 25.8 Å². The van der Waals surface area contributed by atoms with Crippen LogP contribution in [0.15, 0.2) is 52.4 Å². The van der Waals surface area contributed by atoms with E-state index < -0.39 is 5.97 Å². The lowest BCUT2D eigenvalue weighted by molar-refractivity contribution is -0.145. The zero-order chi connectivity index (χ0) is 23.1. The third kappa shape index (κ3) is 5.83. The average Bonchev–Trinajstić information content (AvgIpc) is 3.07. The van der Waals surface area contributed by atoms with Gasteiger partial charge in [0.15, 0.2) is 11.8 Å². The van der Waals surface area contributed by atoms with Crippen LogP contribution in [0.1, 0.15) is 19.4 Å². The Morgan fingerprint density at radius 1 is 1.19 bits per heavy atom. The minimum absolute atomic E-state index is 0.122. The molecule has 9 heteroatoms. The fraction of sp³-hybridized carbons (Fsp3) is 0.261. The van der Waals surface area contributed by atoms with Crippen LogP contribution in [0.25, 0.3) is 6.08 Å². The molecular formula is C23H23ClN2O5S. The minimum Gasteiger partial charge on any atom is -0.497 e. The predicted octanol–water partition coefficient (Wildman–Crippen LogP) is 4.91. The van der Waals surface area contributed by atoms with Crippen LogP contribution in [-0.4, -0.2) is 48.8 Å². The van der Waals surface area contributed by atoms with Gasteiger partial charge in [-0.2, -0.15) is 0 Å². The summed E-state index contributed by atoms with van der Waals surface area (Å²) < 4.78 is 15.4. The van der Waals surface area contributed by atoms with Crippen molar-refractivity contribution in [1.82, 2.24) is 4.90 Å². The molecule has 168 valence electrons. The van der Waals surface area contributed by atoms with Crippen LogP contribution in [0.4, 0.5) is 5.69 Å². The van der Waals surface area contributed by atoms with E-state index in [2.05, 4.69) is 4.99 Å². The smallest absolute Gasteiger partial charge is 0.344 e. The molecule has 3 rings (SSSR count). The molecule has 32 heavy (non-hydrogen) atoms. The van der Waals surface area contributed by atoms with Gasteiger partial charge in [-0.3, -0.25) is 9.69 Å². The molecule has 7 nitrogen and oxygen atoms in total. The fourth-order valence-electron chi connectivity index (χ4n) is 2.85. The summed E-state index contributed by atoms with van der Waals surface area (Å²) in [6.45, 7) is 4.19. The van der Waals surface area contributed by atoms with Crippen LogP contribution >= 0.6 is 23.4 Å². The second-order valence-electron chi connectivity index (χ2n) is 6.54. The van der Waals surface area contributed by atoms with Crippen LogP contribution in [0.5, 0.6) is 11.5 Å². The number of esters is 1. The molecule has 0 bridgehead atoms. The molecule has 1 aliphatic rings. The number of carbonyl (C=O) groups excluding carboxylic acids is 2. The SMILES string of the molecule is CCOC(=O)COc1ccc(C=C2SC(=Nc3ccc(OC)cc3)N(CC)C2=O)cc1Cl. The van der Waals surface area contributed by atoms with Crippen LogP contribution < -0.4 is 9.47 Å². The number of benzene rings is 2. The molecule has 1 fully saturated rings. The molecule has 0 unspecified atom stereocenters. The number of nitrogens with zero attached hydrogens (tertiary/aromatic N) is 2. The first-order valence-corrected chi connectivity index (χ1v) is 11.2. The molecule has 0 saturated carbocycles. The lowest BCUT2D eigenvalue weighted by Crippen LogP contribution is -2.28. The fourth-order valence-corrected chi connectivity index (χ4v) is 4.16. The van der Waals surface area contributed by atoms with E-state index >= 15 is 0 Å². The summed E-state index contributed by atoms with van der Waals surface area (Å²) in [6.07, 6.45) is 1.76. The Morgan fingerprint density at radius 3 is 2.56 bits per heavy atom. The maximum absolute atomic E-state index is 12.9. The van der Waals surface area contributed by atoms with Crippen LogP contribution in [0, 0.1) is 0 Å². The standard InChI is InChI=1S/C23H23ClN2O5S/c1-4-26-22(28)20(32-23(26)25-16-7-9-17(29-3)10-8-16)13-15-6-11-19(18(24)12-15)31-14-21(27)30-5-2/h6-13H,4-5,14H2,1-3H3. The molecule has 1 heterocycles. The van der Waals surface area contributed by atoms with Crippen LogP contribution in [0.3, 0.4) is 0 Å². The maximum atomic E-state index is 12.9. The van der Waals surface area contributed by atoms with Crippen molar-refractivity contribution in [1.29, 1.82) is 0 Å². The minimum atomic E-state index is -0.467. The van der Waals surface area contributed by atoms with Crippen molar-refractivity contribution in [2.45, 2.75) is 13.8 Å². The van der Waals surface area contributed by atoms with Crippen molar-refractivity contribution in [3.63, 3.8) is 0 Å². The molecule has 1 saturated heterocycles. The van der Waals surface area contributed by atoms with Crippen molar-refractivity contribution in [2.24, 2.45) is 4.99 Å². The lowest BCUT2D eigenvalue weighted by Gasteiger charge is -2.12. The molecule has 0 N–H and O–H groups in total. The van der Waals surface area contributed by atoms with Gasteiger partial charge in [0.2, 0.25) is 0 Å². The molecule has 0 aliphatic carbocycles. The van der Waals surface area contributed by atoms with Gasteiger partial charge >= 0.3 is 5.97 Å². The molecular weight excluding hydrogens is 452 g/mol. The average molecular weight is 475 g/mol. The zero-order valence-electron chi connectivity index (χ0n) is 18.0. The van der Waals surface area contributed by atoms with E-state index in [0.717, 1.165) is 17.0 Å². The summed E-state index contributed by atoms with van der Waals surface area (Å²) >= 11 is 7.59. The van der Waals surface area contributed by atoms with Gasteiger partial charge in [0, 0.05) is 6.54 Å². The van der Waals surface area contributed by atoms with E-state index in [1.807, 2.05) is 31.2 Å². The summed E-state index contributed by atoms with van der Waals surface area (Å²) in [5.41, 5.74) is 1.46. The summed E-state index contributed by atoms with van der Waals surface area (Å²) in [6, 6.07) is 12.4. The molecule has 0 radical (unpaired) electrons. The Kier molecular flexibility index (Phi) is 8.19. The van der Waals surface area contributed by atoms with Crippen molar-refractivity contribution in [3.05, 3.63) is 58.0 Å². The van der Waals surface area contributed by atoms with E-state index in [-0.39, 0.29) is 19.1 Å². The van der Waals surface area contributed by atoms with Gasteiger partial charge in [-0.1, -0.05) is 17.7 Å². The first kappa shape index (κ1) is 23.7. The summed E-state index contributed by atoms with van der Waals surface area (Å²) in [7, 11) is 1.60. The maximum Gasteiger partial charge on any atom is 0.344 e. The molecule has 2 aromatic carbocycles. The number of methoxy groups -OCH3 is 1. The largest absolute Gasteiger partial charge is 0.497 e. The topological polar surface area (TPSA) is 77.4 Å². The number of rotatable bonds is 8. The van der Waals surface area contributed by atoms with Gasteiger partial charge in [0.05, 0.1) is 29.3 Å². The second kappa shape index (κ2) is 11.1. The van der Waals surface area contributed by atoms with E-state index in [9.17, 15) is 9.59 Å². The van der Waals surface area contributed by atoms with Gasteiger partial charge < -0.3 is 14.2 Å². The summed E-state index contributed by atoms with van der Waals surface area (Å²) in [5, 5.41) is 0.938. The third-order valence-electron chi connectivity index (χ3n) is 4.41. The highest BCUT2D eigenvalue weighted by Crippen LogP contribution is 2.35. The Balaban J connectivity index is 1.77. The Hall–Kier alpha value is -2.97. The zero-order valence-corrected chi connectivity index (χ0v) is 19.5. The van der Waals surface area contributed by atoms with E-state index in [1.54, 1.807) is 43.2 Å². The number of ether oxygens (including phenoxy) is 3. The summed E-state index contributed by atoms with van der Waals surface area (Å²) in [5.74, 6) is 0.516. The first-order valence-electron chi connectivity index (χ1n) is 9.97. The van der Waals surface area contributed by atoms with Gasteiger partial charge in [-0.15, -0.1) is 0 Å². The molecule has 2 aromatic rings. The Bertz CT molecular complexity index is 1050. The molecule has 0 spiro atoms. The number of amides is 1. The van der Waals surface area contributed by atoms with E-state index in [1.165, 1.54) is 11.8 Å². The van der Waals surface area contributed by atoms with Crippen molar-refractivity contribution in [3.8, 4) is 11.5 Å². The third-order valence-corrected chi connectivity index (χ3v) is 5.71. The van der Waals surface area contributed by atoms with Gasteiger partial charge in [-0.25, -0.2) is 9.79 Å². The van der Waals surface area contributed by atoms with Crippen molar-refractivity contribution < 1.29 is 23.8 Å². The number of halogens is 1. The van der Waals surface area contributed by atoms with Crippen LogP contribution in [-0.2, 0) is 14.3 Å². The second-order valence-corrected chi connectivity index (χ2v) is 7.95. The highest BCUT2D eigenvalue weighted by Gasteiger charge is 2.32. The van der Waals surface area contributed by atoms with Gasteiger partial charge in [0.25, 0.3) is 5.91 Å². The number of amidine groups is 1. The van der Waals surface area contributed by atoms with E-state index in [0.29, 0.717) is 27.4 Å². The number of likely N-dealkylation sites (N-methyl/N-ethyl adjacent to an activating group) is 1. The van der Waals surface area contributed by atoms with Crippen LogP contribution in [0.2, 0.25) is 5.02 Å². The predicted molar refractivity (Wildman–Crippen MR) is 127 cm³/mol. The highest BCUT2D eigenvalue weighted by atomic mass is 35.5. The highest BCUT2D eigenvalue weighted by molar-refractivity contribution is 8.18. The molecule has 0 atom stereocenters. The number of aliphatic imine (C=N–C) groups is 1. The quantitative estimate of drug-likeness (QED) is 0.399.